The maximum Gasteiger partial charge on any atom is 0.263 e. The number of carbonyl (C=O) groups is 2. The number of halogens is 4. The van der Waals surface area contributed by atoms with Crippen LogP contribution in [0.1, 0.15) is 104 Å². The number of hydrogen-bond donors (Lipinski definition) is 2. The van der Waals surface area contributed by atoms with Gasteiger partial charge >= 0.3 is 0 Å². The SMILES string of the molecule is CCCC(=O)N[C@@H](c1cnn2cc([C@@H](NC(=O)c3cccc(C(F)F)c3)C3CCC(F)(F)CC3)nc2c1)C1CC1. The van der Waals surface area contributed by atoms with E-state index in [1.54, 1.807) is 16.9 Å². The van der Waals surface area contributed by atoms with E-state index in [1.807, 2.05) is 13.0 Å². The van der Waals surface area contributed by atoms with Crippen LogP contribution in [-0.4, -0.2) is 32.3 Å². The largest absolute Gasteiger partial charge is 0.349 e. The van der Waals surface area contributed by atoms with Crippen LogP contribution in [0.2, 0.25) is 0 Å². The first-order valence-corrected chi connectivity index (χ1v) is 13.8. The van der Waals surface area contributed by atoms with E-state index in [0.717, 1.165) is 30.9 Å². The number of alkyl halides is 4. The van der Waals surface area contributed by atoms with Gasteiger partial charge in [-0.25, -0.2) is 27.1 Å². The number of rotatable bonds is 10. The molecule has 0 saturated heterocycles. The van der Waals surface area contributed by atoms with Crippen molar-refractivity contribution in [3.63, 3.8) is 0 Å². The van der Waals surface area contributed by atoms with Crippen molar-refractivity contribution in [1.82, 2.24) is 25.2 Å². The molecule has 3 aromatic rings. The maximum atomic E-state index is 14.0. The van der Waals surface area contributed by atoms with Crippen LogP contribution in [0.25, 0.3) is 5.65 Å². The summed E-state index contributed by atoms with van der Waals surface area (Å²) in [6, 6.07) is 6.17. The van der Waals surface area contributed by atoms with Crippen LogP contribution in [0.3, 0.4) is 0 Å². The fourth-order valence-electron chi connectivity index (χ4n) is 5.47. The van der Waals surface area contributed by atoms with Crippen molar-refractivity contribution in [3.05, 3.63) is 65.1 Å². The van der Waals surface area contributed by atoms with Gasteiger partial charge in [-0.2, -0.15) is 5.10 Å². The molecule has 7 nitrogen and oxygen atoms in total. The van der Waals surface area contributed by atoms with Gasteiger partial charge in [0.1, 0.15) is 0 Å². The van der Waals surface area contributed by atoms with Crippen molar-refractivity contribution in [2.24, 2.45) is 11.8 Å². The molecule has 2 heterocycles. The third kappa shape index (κ3) is 6.45. The van der Waals surface area contributed by atoms with E-state index < -0.39 is 24.3 Å². The minimum Gasteiger partial charge on any atom is -0.349 e. The van der Waals surface area contributed by atoms with Crippen LogP contribution >= 0.6 is 0 Å². The monoisotopic (exact) mass is 559 g/mol. The number of carbonyl (C=O) groups excluding carboxylic acids is 2. The summed E-state index contributed by atoms with van der Waals surface area (Å²) in [5.74, 6) is -3.34. The van der Waals surface area contributed by atoms with Gasteiger partial charge in [0, 0.05) is 30.4 Å². The van der Waals surface area contributed by atoms with Gasteiger partial charge in [0.25, 0.3) is 12.3 Å². The van der Waals surface area contributed by atoms with Crippen molar-refractivity contribution in [2.45, 2.75) is 82.7 Å². The van der Waals surface area contributed by atoms with Crippen LogP contribution in [0, 0.1) is 11.8 Å². The Morgan fingerprint density at radius 2 is 1.75 bits per heavy atom. The third-order valence-electron chi connectivity index (χ3n) is 7.85. The lowest BCUT2D eigenvalue weighted by Gasteiger charge is -2.33. The standard InChI is InChI=1S/C29H33F4N5O2/c1-2-4-24(39)36-25(17-7-8-17)21-14-23-35-22(16-38(23)34-15-21)26(18-9-11-29(32,33)12-10-18)37-28(40)20-6-3-5-19(13-20)27(30)31/h3,5-6,13-18,25-27H,2,4,7-12H2,1H3,(H,36,39)(H,37,40)/t25-,26+/m1/s1. The Balaban J connectivity index is 1.43. The number of imidazole rings is 1. The second kappa shape index (κ2) is 11.5. The van der Waals surface area contributed by atoms with Crippen molar-refractivity contribution in [1.29, 1.82) is 0 Å². The molecule has 2 amide bonds. The lowest BCUT2D eigenvalue weighted by Crippen LogP contribution is -2.37. The Hall–Kier alpha value is -3.50. The van der Waals surface area contributed by atoms with E-state index >= 15 is 0 Å². The summed E-state index contributed by atoms with van der Waals surface area (Å²) in [4.78, 5) is 30.2. The Bertz CT molecular complexity index is 1360. The molecule has 1 aromatic carbocycles. The van der Waals surface area contributed by atoms with E-state index in [4.69, 9.17) is 4.98 Å². The topological polar surface area (TPSA) is 88.4 Å². The normalized spacial score (nSPS) is 18.9. The molecule has 2 N–H and O–H groups in total. The van der Waals surface area contributed by atoms with E-state index in [1.165, 1.54) is 18.2 Å². The zero-order valence-electron chi connectivity index (χ0n) is 22.3. The van der Waals surface area contributed by atoms with Crippen molar-refractivity contribution < 1.29 is 27.2 Å². The third-order valence-corrected chi connectivity index (χ3v) is 7.85. The van der Waals surface area contributed by atoms with Gasteiger partial charge in [0.15, 0.2) is 5.65 Å². The molecule has 2 fully saturated rings. The predicted octanol–water partition coefficient (Wildman–Crippen LogP) is 6.33. The van der Waals surface area contributed by atoms with Crippen LogP contribution in [0.4, 0.5) is 17.6 Å². The minimum absolute atomic E-state index is 0.0175. The molecular formula is C29H33F4N5O2. The van der Waals surface area contributed by atoms with E-state index in [9.17, 15) is 27.2 Å². The summed E-state index contributed by atoms with van der Waals surface area (Å²) >= 11 is 0. The van der Waals surface area contributed by atoms with Crippen LogP contribution in [0.5, 0.6) is 0 Å². The molecule has 0 bridgehead atoms. The predicted molar refractivity (Wildman–Crippen MR) is 140 cm³/mol. The van der Waals surface area contributed by atoms with Crippen LogP contribution in [0.15, 0.2) is 42.7 Å². The highest BCUT2D eigenvalue weighted by molar-refractivity contribution is 5.94. The average molecular weight is 560 g/mol. The van der Waals surface area contributed by atoms with Crippen LogP contribution in [-0.2, 0) is 4.79 Å². The number of fused-ring (bicyclic) bond motifs is 1. The number of hydrogen-bond acceptors (Lipinski definition) is 4. The number of aromatic nitrogens is 3. The van der Waals surface area contributed by atoms with Crippen molar-refractivity contribution in [3.8, 4) is 0 Å². The van der Waals surface area contributed by atoms with Gasteiger partial charge in [-0.1, -0.05) is 19.1 Å². The quantitative estimate of drug-likeness (QED) is 0.284. The van der Waals surface area contributed by atoms with Gasteiger partial charge in [-0.05, 0) is 67.7 Å². The molecule has 214 valence electrons. The summed E-state index contributed by atoms with van der Waals surface area (Å²) in [6.45, 7) is 1.95. The molecule has 40 heavy (non-hydrogen) atoms. The second-order valence-corrected chi connectivity index (χ2v) is 11.0. The lowest BCUT2D eigenvalue weighted by atomic mass is 9.81. The highest BCUT2D eigenvalue weighted by atomic mass is 19.3. The van der Waals surface area contributed by atoms with Gasteiger partial charge in [0.2, 0.25) is 11.8 Å². The fourth-order valence-corrected chi connectivity index (χ4v) is 5.47. The first-order chi connectivity index (χ1) is 19.1. The first-order valence-electron chi connectivity index (χ1n) is 13.8. The Morgan fingerprint density at radius 1 is 1.02 bits per heavy atom. The number of benzene rings is 1. The molecule has 0 radical (unpaired) electrons. The number of nitrogens with zero attached hydrogens (tertiary/aromatic N) is 3. The summed E-state index contributed by atoms with van der Waals surface area (Å²) < 4.78 is 56.0. The van der Waals surface area contributed by atoms with Crippen LogP contribution < -0.4 is 10.6 Å². The molecule has 2 aliphatic carbocycles. The van der Waals surface area contributed by atoms with Gasteiger partial charge in [-0.15, -0.1) is 0 Å². The van der Waals surface area contributed by atoms with E-state index in [-0.39, 0.29) is 54.7 Å². The molecule has 0 spiro atoms. The van der Waals surface area contributed by atoms with Crippen molar-refractivity contribution >= 4 is 17.5 Å². The summed E-state index contributed by atoms with van der Waals surface area (Å²) in [5.41, 5.74) is 1.57. The van der Waals surface area contributed by atoms with E-state index in [2.05, 4.69) is 15.7 Å². The molecule has 0 unspecified atom stereocenters. The average Bonchev–Trinajstić information content (AvgIpc) is 3.68. The molecule has 11 heteroatoms. The van der Waals surface area contributed by atoms with Gasteiger partial charge in [-0.3, -0.25) is 9.59 Å². The molecular weight excluding hydrogens is 526 g/mol. The summed E-state index contributed by atoms with van der Waals surface area (Å²) in [7, 11) is 0. The first kappa shape index (κ1) is 28.0. The molecule has 2 saturated carbocycles. The summed E-state index contributed by atoms with van der Waals surface area (Å²) in [6.07, 6.45) is 3.57. The molecule has 5 rings (SSSR count). The van der Waals surface area contributed by atoms with Gasteiger partial charge in [0.05, 0.1) is 30.2 Å². The Morgan fingerprint density at radius 3 is 2.42 bits per heavy atom. The van der Waals surface area contributed by atoms with Gasteiger partial charge < -0.3 is 10.6 Å². The Labute approximate surface area is 229 Å². The Kier molecular flexibility index (Phi) is 8.09. The molecule has 0 aliphatic heterocycles. The molecule has 2 aromatic heterocycles. The maximum absolute atomic E-state index is 14.0. The highest BCUT2D eigenvalue weighted by Crippen LogP contribution is 2.43. The van der Waals surface area contributed by atoms with E-state index in [0.29, 0.717) is 23.7 Å². The number of nitrogens with one attached hydrogen (secondary N) is 2. The highest BCUT2D eigenvalue weighted by Gasteiger charge is 2.39. The molecule has 2 aliphatic rings. The minimum atomic E-state index is -2.76. The summed E-state index contributed by atoms with van der Waals surface area (Å²) in [5, 5.41) is 10.5. The smallest absolute Gasteiger partial charge is 0.263 e. The zero-order chi connectivity index (χ0) is 28.4. The number of amides is 2. The lowest BCUT2D eigenvalue weighted by molar-refractivity contribution is -0.122. The fraction of sp³-hybridized carbons (Fsp3) is 0.517. The zero-order valence-corrected chi connectivity index (χ0v) is 22.3. The molecule has 2 atom stereocenters. The van der Waals surface area contributed by atoms with Crippen molar-refractivity contribution in [2.75, 3.05) is 0 Å². The second-order valence-electron chi connectivity index (χ2n) is 11.0.